The number of unbranched alkanes of at least 4 members (excludes halogenated alkanes) is 1. The first-order chi connectivity index (χ1) is 17.0. The van der Waals surface area contributed by atoms with Crippen molar-refractivity contribution in [3.05, 3.63) is 59.2 Å². The molecule has 2 N–H and O–H groups in total. The summed E-state index contributed by atoms with van der Waals surface area (Å²) >= 11 is 0. The van der Waals surface area contributed by atoms with Gasteiger partial charge < -0.3 is 25.0 Å². The number of aryl methyl sites for hydroxylation is 1. The van der Waals surface area contributed by atoms with Crippen molar-refractivity contribution < 1.29 is 23.9 Å². The van der Waals surface area contributed by atoms with E-state index in [1.54, 1.807) is 57.0 Å². The number of methoxy groups -OCH3 is 1. The molecule has 0 saturated carbocycles. The van der Waals surface area contributed by atoms with E-state index in [9.17, 15) is 14.4 Å². The fourth-order valence-corrected chi connectivity index (χ4v) is 3.70. The molecule has 8 nitrogen and oxygen atoms in total. The fraction of sp³-hybridized carbons (Fsp3) is 0.464. The lowest BCUT2D eigenvalue weighted by Crippen LogP contribution is -2.47. The van der Waals surface area contributed by atoms with Crippen LogP contribution in [0.15, 0.2) is 42.5 Å². The Labute approximate surface area is 214 Å². The van der Waals surface area contributed by atoms with Crippen LogP contribution in [0.2, 0.25) is 0 Å². The molecule has 2 aromatic rings. The summed E-state index contributed by atoms with van der Waals surface area (Å²) < 4.78 is 10.5. The molecule has 36 heavy (non-hydrogen) atoms. The van der Waals surface area contributed by atoms with Crippen LogP contribution in [0.4, 0.5) is 10.5 Å². The summed E-state index contributed by atoms with van der Waals surface area (Å²) in [5.41, 5.74) is 2.59. The predicted octanol–water partition coefficient (Wildman–Crippen LogP) is 5.15. The molecule has 3 amide bonds. The number of hydrogen-bond donors (Lipinski definition) is 2. The first kappa shape index (κ1) is 28.7. The molecule has 0 radical (unpaired) electrons. The topological polar surface area (TPSA) is 97.0 Å². The zero-order chi connectivity index (χ0) is 26.9. The maximum absolute atomic E-state index is 13.7. The highest BCUT2D eigenvalue weighted by atomic mass is 16.6. The van der Waals surface area contributed by atoms with Gasteiger partial charge in [-0.1, -0.05) is 31.5 Å². The molecule has 0 aliphatic carbocycles. The van der Waals surface area contributed by atoms with Crippen LogP contribution in [0.25, 0.3) is 0 Å². The molecule has 0 aromatic heterocycles. The minimum absolute atomic E-state index is 0.282. The average molecular weight is 498 g/mol. The Hall–Kier alpha value is -3.55. The Morgan fingerprint density at radius 2 is 1.69 bits per heavy atom. The predicted molar refractivity (Wildman–Crippen MR) is 141 cm³/mol. The van der Waals surface area contributed by atoms with Gasteiger partial charge in [0.05, 0.1) is 7.11 Å². The second-order valence-electron chi connectivity index (χ2n) is 9.71. The van der Waals surface area contributed by atoms with Crippen LogP contribution in [-0.4, -0.2) is 48.6 Å². The van der Waals surface area contributed by atoms with Gasteiger partial charge in [-0.3, -0.25) is 9.59 Å². The fourth-order valence-electron chi connectivity index (χ4n) is 3.70. The van der Waals surface area contributed by atoms with Gasteiger partial charge in [-0.15, -0.1) is 0 Å². The van der Waals surface area contributed by atoms with Gasteiger partial charge >= 0.3 is 6.09 Å². The SMILES string of the molecule is CCCCN(C(=O)CNC(=O)OC(C)(C)C)C(C(=O)Nc1ccc(OC)cc1)c1cccc(C)c1C. The second kappa shape index (κ2) is 13.0. The average Bonchev–Trinajstić information content (AvgIpc) is 2.81. The van der Waals surface area contributed by atoms with Gasteiger partial charge in [0.2, 0.25) is 5.91 Å². The number of carbonyl (C=O) groups excluding carboxylic acids is 3. The molecule has 0 saturated heterocycles. The summed E-state index contributed by atoms with van der Waals surface area (Å²) in [6, 6.07) is 11.9. The molecular formula is C28H39N3O5. The van der Waals surface area contributed by atoms with E-state index in [0.29, 0.717) is 24.4 Å². The highest BCUT2D eigenvalue weighted by molar-refractivity contribution is 5.98. The van der Waals surface area contributed by atoms with Crippen LogP contribution < -0.4 is 15.4 Å². The molecule has 0 spiro atoms. The van der Waals surface area contributed by atoms with Gasteiger partial charge in [-0.05, 0) is 82.0 Å². The quantitative estimate of drug-likeness (QED) is 0.473. The van der Waals surface area contributed by atoms with Crippen LogP contribution in [0.5, 0.6) is 5.75 Å². The van der Waals surface area contributed by atoms with Gasteiger partial charge in [0.15, 0.2) is 0 Å². The maximum Gasteiger partial charge on any atom is 0.408 e. The number of amides is 3. The van der Waals surface area contributed by atoms with Gasteiger partial charge in [0.1, 0.15) is 23.9 Å². The van der Waals surface area contributed by atoms with Crippen molar-refractivity contribution >= 4 is 23.6 Å². The number of rotatable bonds is 10. The number of nitrogens with one attached hydrogen (secondary N) is 2. The van der Waals surface area contributed by atoms with E-state index in [1.165, 1.54) is 0 Å². The third-order valence-electron chi connectivity index (χ3n) is 5.71. The molecule has 0 aliphatic rings. The van der Waals surface area contributed by atoms with Crippen molar-refractivity contribution in [1.29, 1.82) is 0 Å². The zero-order valence-corrected chi connectivity index (χ0v) is 22.4. The number of nitrogens with zero attached hydrogens (tertiary/aromatic N) is 1. The molecule has 2 rings (SSSR count). The van der Waals surface area contributed by atoms with E-state index in [1.807, 2.05) is 39.0 Å². The zero-order valence-electron chi connectivity index (χ0n) is 22.4. The summed E-state index contributed by atoms with van der Waals surface area (Å²) in [4.78, 5) is 40.9. The highest BCUT2D eigenvalue weighted by Crippen LogP contribution is 2.28. The normalized spacial score (nSPS) is 11.9. The van der Waals surface area contributed by atoms with Gasteiger partial charge in [-0.2, -0.15) is 0 Å². The standard InChI is InChI=1S/C28H39N3O5/c1-8-9-17-31(24(32)18-29-27(34)36-28(4,5)6)25(23-12-10-11-19(2)20(23)3)26(33)30-21-13-15-22(35-7)16-14-21/h10-16,25H,8-9,17-18H2,1-7H3,(H,29,34)(H,30,33). The number of anilines is 1. The lowest BCUT2D eigenvalue weighted by molar-refractivity contribution is -0.138. The molecule has 196 valence electrons. The van der Waals surface area contributed by atoms with Crippen molar-refractivity contribution in [3.63, 3.8) is 0 Å². The molecule has 1 unspecified atom stereocenters. The molecule has 0 aliphatic heterocycles. The highest BCUT2D eigenvalue weighted by Gasteiger charge is 2.33. The number of carbonyl (C=O) groups is 3. The number of ether oxygens (including phenoxy) is 2. The minimum Gasteiger partial charge on any atom is -0.497 e. The summed E-state index contributed by atoms with van der Waals surface area (Å²) in [6.45, 7) is 11.3. The third-order valence-corrected chi connectivity index (χ3v) is 5.71. The van der Waals surface area contributed by atoms with E-state index in [-0.39, 0.29) is 18.4 Å². The Bertz CT molecular complexity index is 1040. The molecule has 0 bridgehead atoms. The molecule has 1 atom stereocenters. The maximum atomic E-state index is 13.7. The largest absolute Gasteiger partial charge is 0.497 e. The first-order valence-electron chi connectivity index (χ1n) is 12.2. The van der Waals surface area contributed by atoms with E-state index in [4.69, 9.17) is 9.47 Å². The van der Waals surface area contributed by atoms with E-state index >= 15 is 0 Å². The lowest BCUT2D eigenvalue weighted by atomic mass is 9.95. The lowest BCUT2D eigenvalue weighted by Gasteiger charge is -2.33. The monoisotopic (exact) mass is 497 g/mol. The Morgan fingerprint density at radius 1 is 1.03 bits per heavy atom. The Morgan fingerprint density at radius 3 is 2.28 bits per heavy atom. The smallest absolute Gasteiger partial charge is 0.408 e. The van der Waals surface area contributed by atoms with Crippen molar-refractivity contribution in [2.24, 2.45) is 0 Å². The van der Waals surface area contributed by atoms with Crippen LogP contribution >= 0.6 is 0 Å². The molecular weight excluding hydrogens is 458 g/mol. The van der Waals surface area contributed by atoms with Gasteiger partial charge in [-0.25, -0.2) is 4.79 Å². The summed E-state index contributed by atoms with van der Waals surface area (Å²) in [5.74, 6) is -0.0345. The molecule has 0 fully saturated rings. The number of benzene rings is 2. The van der Waals surface area contributed by atoms with Crippen LogP contribution in [0, 0.1) is 13.8 Å². The van der Waals surface area contributed by atoms with E-state index < -0.39 is 17.7 Å². The molecule has 8 heteroatoms. The van der Waals surface area contributed by atoms with Crippen molar-refractivity contribution in [3.8, 4) is 5.75 Å². The molecule has 0 heterocycles. The number of alkyl carbamates (subject to hydrolysis) is 1. The van der Waals surface area contributed by atoms with Crippen LogP contribution in [-0.2, 0) is 14.3 Å². The number of hydrogen-bond acceptors (Lipinski definition) is 5. The summed E-state index contributed by atoms with van der Waals surface area (Å²) in [6.07, 6.45) is 0.857. The first-order valence-corrected chi connectivity index (χ1v) is 12.2. The van der Waals surface area contributed by atoms with Crippen LogP contribution in [0.1, 0.15) is 63.3 Å². The van der Waals surface area contributed by atoms with Crippen molar-refractivity contribution in [2.75, 3.05) is 25.5 Å². The van der Waals surface area contributed by atoms with E-state index in [2.05, 4.69) is 10.6 Å². The van der Waals surface area contributed by atoms with Gasteiger partial charge in [0, 0.05) is 12.2 Å². The summed E-state index contributed by atoms with van der Waals surface area (Å²) in [7, 11) is 1.58. The van der Waals surface area contributed by atoms with E-state index in [0.717, 1.165) is 23.1 Å². The minimum atomic E-state index is -0.883. The molecule has 2 aromatic carbocycles. The Balaban J connectivity index is 2.40. The Kier molecular flexibility index (Phi) is 10.3. The van der Waals surface area contributed by atoms with Crippen LogP contribution in [0.3, 0.4) is 0 Å². The summed E-state index contributed by atoms with van der Waals surface area (Å²) in [5, 5.41) is 5.48. The second-order valence-corrected chi connectivity index (χ2v) is 9.71. The van der Waals surface area contributed by atoms with Gasteiger partial charge in [0.25, 0.3) is 5.91 Å². The van der Waals surface area contributed by atoms with Crippen molar-refractivity contribution in [2.45, 2.75) is 66.0 Å². The third kappa shape index (κ3) is 8.29. The van der Waals surface area contributed by atoms with Crippen molar-refractivity contribution in [1.82, 2.24) is 10.2 Å².